The van der Waals surface area contributed by atoms with Gasteiger partial charge in [-0.3, -0.25) is 9.59 Å². The molecule has 2 rings (SSSR count). The van der Waals surface area contributed by atoms with E-state index in [9.17, 15) is 9.59 Å². The van der Waals surface area contributed by atoms with Crippen LogP contribution in [0.3, 0.4) is 0 Å². The molecule has 0 saturated carbocycles. The predicted molar refractivity (Wildman–Crippen MR) is 75.5 cm³/mol. The number of nitrogens with zero attached hydrogens (tertiary/aromatic N) is 2. The van der Waals surface area contributed by atoms with E-state index in [-0.39, 0.29) is 17.7 Å². The number of carbonyl (C=O) groups excluding carboxylic acids is 2. The van der Waals surface area contributed by atoms with Crippen molar-refractivity contribution in [3.63, 3.8) is 0 Å². The van der Waals surface area contributed by atoms with Crippen molar-refractivity contribution in [3.8, 4) is 0 Å². The highest BCUT2D eigenvalue weighted by Crippen LogP contribution is 2.19. The van der Waals surface area contributed by atoms with Gasteiger partial charge in [0, 0.05) is 25.6 Å². The zero-order chi connectivity index (χ0) is 14.7. The minimum absolute atomic E-state index is 0.0660. The fourth-order valence-corrected chi connectivity index (χ4v) is 3.06. The summed E-state index contributed by atoms with van der Waals surface area (Å²) in [5, 5.41) is 5.29. The molecule has 1 unspecified atom stereocenters. The van der Waals surface area contributed by atoms with E-state index < -0.39 is 6.04 Å². The van der Waals surface area contributed by atoms with Crippen molar-refractivity contribution < 1.29 is 14.3 Å². The van der Waals surface area contributed by atoms with E-state index in [1.54, 1.807) is 17.4 Å². The first kappa shape index (κ1) is 14.9. The molecule has 1 atom stereocenters. The van der Waals surface area contributed by atoms with Gasteiger partial charge < -0.3 is 15.0 Å². The third-order valence-electron chi connectivity index (χ3n) is 3.19. The summed E-state index contributed by atoms with van der Waals surface area (Å²) in [7, 11) is 1.59. The summed E-state index contributed by atoms with van der Waals surface area (Å²) in [5.41, 5.74) is 0.391. The van der Waals surface area contributed by atoms with E-state index in [0.29, 0.717) is 25.4 Å². The maximum atomic E-state index is 12.5. The average molecular weight is 297 g/mol. The molecule has 0 radical (unpaired) electrons. The quantitative estimate of drug-likeness (QED) is 0.896. The molecule has 1 aromatic heterocycles. The number of methoxy groups -OCH3 is 1. The zero-order valence-electron chi connectivity index (χ0n) is 11.9. The van der Waals surface area contributed by atoms with E-state index in [1.165, 1.54) is 11.3 Å². The van der Waals surface area contributed by atoms with Gasteiger partial charge in [0.1, 0.15) is 16.7 Å². The number of hydrogen-bond acceptors (Lipinski definition) is 5. The largest absolute Gasteiger partial charge is 0.378 e. The SMILES string of the molecule is COCc1nc(C(=O)N2CCNC(=O)C2C(C)C)cs1. The molecule has 110 valence electrons. The number of ether oxygens (including phenoxy) is 1. The normalized spacial score (nSPS) is 19.3. The van der Waals surface area contributed by atoms with Crippen LogP contribution in [0.1, 0.15) is 29.3 Å². The Hall–Kier alpha value is -1.47. The molecule has 7 heteroatoms. The van der Waals surface area contributed by atoms with Crippen LogP contribution in [0.4, 0.5) is 0 Å². The average Bonchev–Trinajstić information content (AvgIpc) is 2.86. The van der Waals surface area contributed by atoms with Gasteiger partial charge in [-0.05, 0) is 5.92 Å². The molecule has 0 aromatic carbocycles. The molecule has 1 N–H and O–H groups in total. The van der Waals surface area contributed by atoms with Gasteiger partial charge in [0.25, 0.3) is 5.91 Å². The van der Waals surface area contributed by atoms with Crippen molar-refractivity contribution in [1.82, 2.24) is 15.2 Å². The maximum Gasteiger partial charge on any atom is 0.274 e. The van der Waals surface area contributed by atoms with Gasteiger partial charge in [-0.15, -0.1) is 11.3 Å². The maximum absolute atomic E-state index is 12.5. The first-order valence-corrected chi connectivity index (χ1v) is 7.44. The van der Waals surface area contributed by atoms with Crippen LogP contribution in [0.2, 0.25) is 0 Å². The van der Waals surface area contributed by atoms with E-state index in [1.807, 2.05) is 13.8 Å². The van der Waals surface area contributed by atoms with Crippen LogP contribution in [-0.2, 0) is 16.1 Å². The summed E-state index contributed by atoms with van der Waals surface area (Å²) in [6.45, 7) is 5.28. The number of aromatic nitrogens is 1. The summed E-state index contributed by atoms with van der Waals surface area (Å²) in [6.07, 6.45) is 0. The van der Waals surface area contributed by atoms with Crippen LogP contribution in [-0.4, -0.2) is 47.9 Å². The van der Waals surface area contributed by atoms with Gasteiger partial charge >= 0.3 is 0 Å². The number of thiazole rings is 1. The highest BCUT2D eigenvalue weighted by atomic mass is 32.1. The summed E-state index contributed by atoms with van der Waals surface area (Å²) >= 11 is 1.39. The fourth-order valence-electron chi connectivity index (χ4n) is 2.32. The predicted octanol–water partition coefficient (Wildman–Crippen LogP) is 0.886. The van der Waals surface area contributed by atoms with Crippen molar-refractivity contribution >= 4 is 23.2 Å². The zero-order valence-corrected chi connectivity index (χ0v) is 12.7. The Morgan fingerprint density at radius 1 is 1.65 bits per heavy atom. The topological polar surface area (TPSA) is 71.5 Å². The Morgan fingerprint density at radius 2 is 2.40 bits per heavy atom. The minimum atomic E-state index is -0.427. The van der Waals surface area contributed by atoms with Crippen molar-refractivity contribution in [2.24, 2.45) is 5.92 Å². The number of rotatable bonds is 4. The number of nitrogens with one attached hydrogen (secondary N) is 1. The summed E-state index contributed by atoms with van der Waals surface area (Å²) in [5.74, 6) is -0.208. The van der Waals surface area contributed by atoms with Crippen LogP contribution in [0.15, 0.2) is 5.38 Å². The summed E-state index contributed by atoms with van der Waals surface area (Å²) in [4.78, 5) is 30.4. The lowest BCUT2D eigenvalue weighted by atomic mass is 9.99. The Kier molecular flexibility index (Phi) is 4.72. The van der Waals surface area contributed by atoms with Gasteiger partial charge in [0.15, 0.2) is 0 Å². The first-order chi connectivity index (χ1) is 9.54. The third-order valence-corrected chi connectivity index (χ3v) is 4.01. The van der Waals surface area contributed by atoms with Crippen LogP contribution in [0, 0.1) is 5.92 Å². The van der Waals surface area contributed by atoms with Crippen molar-refractivity contribution in [3.05, 3.63) is 16.1 Å². The molecule has 1 fully saturated rings. The van der Waals surface area contributed by atoms with Gasteiger partial charge in [-0.1, -0.05) is 13.8 Å². The second-order valence-corrected chi connectivity index (χ2v) is 5.98. The van der Waals surface area contributed by atoms with Crippen LogP contribution in [0.5, 0.6) is 0 Å². The van der Waals surface area contributed by atoms with Crippen molar-refractivity contribution in [2.75, 3.05) is 20.2 Å². The highest BCUT2D eigenvalue weighted by molar-refractivity contribution is 7.09. The van der Waals surface area contributed by atoms with Crippen LogP contribution >= 0.6 is 11.3 Å². The monoisotopic (exact) mass is 297 g/mol. The summed E-state index contributed by atoms with van der Waals surface area (Å²) in [6, 6.07) is -0.427. The van der Waals surface area contributed by atoms with Crippen LogP contribution < -0.4 is 5.32 Å². The second kappa shape index (κ2) is 6.32. The van der Waals surface area contributed by atoms with Crippen molar-refractivity contribution in [1.29, 1.82) is 0 Å². The Balaban J connectivity index is 2.18. The van der Waals surface area contributed by atoms with E-state index in [4.69, 9.17) is 4.74 Å². The lowest BCUT2D eigenvalue weighted by Crippen LogP contribution is -2.59. The lowest BCUT2D eigenvalue weighted by molar-refractivity contribution is -0.129. The molecule has 0 bridgehead atoms. The second-order valence-electron chi connectivity index (χ2n) is 5.04. The van der Waals surface area contributed by atoms with Gasteiger partial charge in [0.2, 0.25) is 5.91 Å². The lowest BCUT2D eigenvalue weighted by Gasteiger charge is -2.36. The molecular formula is C13H19N3O3S. The smallest absolute Gasteiger partial charge is 0.274 e. The minimum Gasteiger partial charge on any atom is -0.378 e. The van der Waals surface area contributed by atoms with Gasteiger partial charge in [-0.25, -0.2) is 4.98 Å². The van der Waals surface area contributed by atoms with Gasteiger partial charge in [0.05, 0.1) is 6.61 Å². The van der Waals surface area contributed by atoms with Crippen molar-refractivity contribution in [2.45, 2.75) is 26.5 Å². The van der Waals surface area contributed by atoms with E-state index in [0.717, 1.165) is 5.01 Å². The molecule has 20 heavy (non-hydrogen) atoms. The molecule has 2 heterocycles. The highest BCUT2D eigenvalue weighted by Gasteiger charge is 2.36. The Morgan fingerprint density at radius 3 is 3.05 bits per heavy atom. The number of amides is 2. The Bertz CT molecular complexity index is 501. The number of hydrogen-bond donors (Lipinski definition) is 1. The molecule has 6 nitrogen and oxygen atoms in total. The number of carbonyl (C=O) groups is 2. The first-order valence-electron chi connectivity index (χ1n) is 6.56. The third kappa shape index (κ3) is 2.99. The number of piperazine rings is 1. The molecule has 0 aliphatic carbocycles. The molecule has 1 aromatic rings. The molecule has 1 saturated heterocycles. The molecule has 2 amide bonds. The Labute approximate surface area is 122 Å². The molecule has 0 spiro atoms. The molecular weight excluding hydrogens is 278 g/mol. The fraction of sp³-hybridized carbons (Fsp3) is 0.615. The standard InChI is InChI=1S/C13H19N3O3S/c1-8(2)11-12(17)14-4-5-16(11)13(18)9-7-20-10(15-9)6-19-3/h7-8,11H,4-6H2,1-3H3,(H,14,17). The molecule has 1 aliphatic heterocycles. The van der Waals surface area contributed by atoms with Crippen LogP contribution in [0.25, 0.3) is 0 Å². The van der Waals surface area contributed by atoms with E-state index in [2.05, 4.69) is 10.3 Å². The summed E-state index contributed by atoms with van der Waals surface area (Å²) < 4.78 is 5.00. The van der Waals surface area contributed by atoms with E-state index >= 15 is 0 Å². The van der Waals surface area contributed by atoms with Gasteiger partial charge in [-0.2, -0.15) is 0 Å². The molecule has 1 aliphatic rings.